The van der Waals surface area contributed by atoms with Crippen molar-refractivity contribution in [1.82, 2.24) is 4.90 Å². The zero-order valence-corrected chi connectivity index (χ0v) is 9.35. The summed E-state index contributed by atoms with van der Waals surface area (Å²) in [7, 11) is 0. The monoisotopic (exact) mass is 237 g/mol. The molecule has 0 saturated heterocycles. The molecule has 1 aliphatic rings. The van der Waals surface area contributed by atoms with E-state index in [2.05, 4.69) is 0 Å². The number of hydrogen-bond donors (Lipinski definition) is 2. The first-order valence-corrected chi connectivity index (χ1v) is 5.51. The molecule has 3 N–H and O–H groups in total. The summed E-state index contributed by atoms with van der Waals surface area (Å²) in [6.07, 6.45) is -1.67. The first-order valence-electron chi connectivity index (χ1n) is 5.51. The van der Waals surface area contributed by atoms with Crippen LogP contribution in [0.2, 0.25) is 0 Å². The van der Waals surface area contributed by atoms with E-state index in [4.69, 9.17) is 11.1 Å². The molecular formula is C10H18F3N3. The summed E-state index contributed by atoms with van der Waals surface area (Å²) in [6, 6.07) is 0.268. The minimum atomic E-state index is -4.41. The lowest BCUT2D eigenvalue weighted by molar-refractivity contribution is -0.160. The van der Waals surface area contributed by atoms with E-state index in [0.29, 0.717) is 6.54 Å². The Morgan fingerprint density at radius 2 is 2.06 bits per heavy atom. The zero-order valence-electron chi connectivity index (χ0n) is 9.35. The van der Waals surface area contributed by atoms with Crippen molar-refractivity contribution in [1.29, 1.82) is 5.41 Å². The van der Waals surface area contributed by atoms with E-state index in [1.54, 1.807) is 4.90 Å². The van der Waals surface area contributed by atoms with Gasteiger partial charge in [-0.05, 0) is 25.8 Å². The van der Waals surface area contributed by atoms with Crippen LogP contribution in [0, 0.1) is 11.3 Å². The minimum Gasteiger partial charge on any atom is -0.387 e. The number of nitrogens with one attached hydrogen (secondary N) is 1. The summed E-state index contributed by atoms with van der Waals surface area (Å²) in [6.45, 7) is 2.41. The van der Waals surface area contributed by atoms with Gasteiger partial charge in [0.2, 0.25) is 0 Å². The lowest BCUT2D eigenvalue weighted by Gasteiger charge is -2.27. The summed E-state index contributed by atoms with van der Waals surface area (Å²) >= 11 is 0. The van der Waals surface area contributed by atoms with Gasteiger partial charge < -0.3 is 5.73 Å². The minimum absolute atomic E-state index is 0.169. The highest BCUT2D eigenvalue weighted by Gasteiger charge is 2.44. The van der Waals surface area contributed by atoms with Crippen molar-refractivity contribution in [2.45, 2.75) is 38.4 Å². The summed E-state index contributed by atoms with van der Waals surface area (Å²) in [5.74, 6) is -2.60. The third-order valence-electron chi connectivity index (χ3n) is 2.76. The molecule has 3 nitrogen and oxygen atoms in total. The summed E-state index contributed by atoms with van der Waals surface area (Å²) in [4.78, 5) is 1.81. The van der Waals surface area contributed by atoms with Gasteiger partial charge in [-0.1, -0.05) is 6.92 Å². The van der Waals surface area contributed by atoms with Crippen LogP contribution in [0.4, 0.5) is 13.2 Å². The van der Waals surface area contributed by atoms with Crippen LogP contribution >= 0.6 is 0 Å². The van der Waals surface area contributed by atoms with E-state index in [9.17, 15) is 13.2 Å². The molecule has 94 valence electrons. The molecule has 0 aromatic rings. The van der Waals surface area contributed by atoms with Crippen molar-refractivity contribution in [2.75, 3.05) is 13.1 Å². The quantitative estimate of drug-likeness (QED) is 0.548. The number of nitrogens with two attached hydrogens (primary N) is 1. The van der Waals surface area contributed by atoms with E-state index < -0.39 is 17.9 Å². The molecule has 1 aliphatic carbocycles. The van der Waals surface area contributed by atoms with E-state index in [1.807, 2.05) is 6.92 Å². The second-order valence-electron chi connectivity index (χ2n) is 4.28. The molecular weight excluding hydrogens is 219 g/mol. The Hall–Kier alpha value is -0.780. The third-order valence-corrected chi connectivity index (χ3v) is 2.76. The lowest BCUT2D eigenvalue weighted by atomic mass is 10.1. The number of amidine groups is 1. The molecule has 1 unspecified atom stereocenters. The van der Waals surface area contributed by atoms with Crippen LogP contribution in [0.5, 0.6) is 0 Å². The fourth-order valence-electron chi connectivity index (χ4n) is 1.76. The molecule has 0 aromatic carbocycles. The second kappa shape index (κ2) is 5.03. The Morgan fingerprint density at radius 1 is 1.50 bits per heavy atom. The van der Waals surface area contributed by atoms with Crippen LogP contribution in [-0.4, -0.2) is 36.0 Å². The van der Waals surface area contributed by atoms with Crippen LogP contribution in [0.1, 0.15) is 26.2 Å². The van der Waals surface area contributed by atoms with Gasteiger partial charge in [-0.25, -0.2) is 0 Å². The van der Waals surface area contributed by atoms with Crippen LogP contribution in [-0.2, 0) is 0 Å². The van der Waals surface area contributed by atoms with E-state index in [1.165, 1.54) is 0 Å². The van der Waals surface area contributed by atoms with Gasteiger partial charge in [-0.3, -0.25) is 10.3 Å². The maximum absolute atomic E-state index is 12.6. The topological polar surface area (TPSA) is 53.1 Å². The third kappa shape index (κ3) is 3.66. The number of nitrogens with zero attached hydrogens (tertiary/aromatic N) is 1. The predicted molar refractivity (Wildman–Crippen MR) is 56.3 cm³/mol. The molecule has 0 heterocycles. The van der Waals surface area contributed by atoms with E-state index in [0.717, 1.165) is 19.3 Å². The Balaban J connectivity index is 2.61. The van der Waals surface area contributed by atoms with E-state index >= 15 is 0 Å². The molecule has 1 atom stereocenters. The lowest BCUT2D eigenvalue weighted by Crippen LogP contribution is -2.44. The first-order chi connectivity index (χ1) is 7.36. The van der Waals surface area contributed by atoms with Crippen molar-refractivity contribution >= 4 is 5.84 Å². The fourth-order valence-corrected chi connectivity index (χ4v) is 1.76. The Labute approximate surface area is 93.3 Å². The van der Waals surface area contributed by atoms with Crippen LogP contribution in [0.25, 0.3) is 0 Å². The second-order valence-corrected chi connectivity index (χ2v) is 4.28. The number of alkyl halides is 3. The maximum Gasteiger partial charge on any atom is 0.399 e. The molecule has 0 aromatic heterocycles. The van der Waals surface area contributed by atoms with Gasteiger partial charge in [0, 0.05) is 12.6 Å². The van der Waals surface area contributed by atoms with Gasteiger partial charge in [-0.2, -0.15) is 13.2 Å². The Bertz CT molecular complexity index is 248. The number of hydrogen-bond acceptors (Lipinski definition) is 2. The molecule has 0 bridgehead atoms. The molecule has 0 aliphatic heterocycles. The molecule has 0 radical (unpaired) electrons. The highest BCUT2D eigenvalue weighted by Crippen LogP contribution is 2.32. The maximum atomic E-state index is 12.6. The van der Waals surface area contributed by atoms with Crippen molar-refractivity contribution in [3.05, 3.63) is 0 Å². The van der Waals surface area contributed by atoms with Crippen LogP contribution in [0.3, 0.4) is 0 Å². The standard InChI is InChI=1S/C10H18F3N3/c1-2-5-16(7-3-4-7)6-8(9(14)15)10(11,12)13/h7-8H,2-6H2,1H3,(H3,14,15). The number of halogens is 3. The molecule has 0 spiro atoms. The molecule has 1 saturated carbocycles. The highest BCUT2D eigenvalue weighted by molar-refractivity contribution is 5.80. The van der Waals surface area contributed by atoms with Crippen molar-refractivity contribution in [3.8, 4) is 0 Å². The van der Waals surface area contributed by atoms with Gasteiger partial charge in [-0.15, -0.1) is 0 Å². The Kier molecular flexibility index (Phi) is 4.18. The first kappa shape index (κ1) is 13.3. The average Bonchev–Trinajstić information content (AvgIpc) is 2.92. The predicted octanol–water partition coefficient (Wildman–Crippen LogP) is 1.98. The van der Waals surface area contributed by atoms with Crippen molar-refractivity contribution < 1.29 is 13.2 Å². The van der Waals surface area contributed by atoms with Crippen molar-refractivity contribution in [2.24, 2.45) is 11.7 Å². The van der Waals surface area contributed by atoms with Gasteiger partial charge in [0.15, 0.2) is 0 Å². The summed E-state index contributed by atoms with van der Waals surface area (Å²) in [5.41, 5.74) is 5.02. The molecule has 1 fully saturated rings. The fraction of sp³-hybridized carbons (Fsp3) is 0.900. The van der Waals surface area contributed by atoms with Gasteiger partial charge in [0.05, 0.1) is 0 Å². The molecule has 1 rings (SSSR count). The van der Waals surface area contributed by atoms with Crippen LogP contribution < -0.4 is 5.73 Å². The Morgan fingerprint density at radius 3 is 2.38 bits per heavy atom. The normalized spacial score (nSPS) is 18.8. The van der Waals surface area contributed by atoms with Crippen LogP contribution in [0.15, 0.2) is 0 Å². The molecule has 0 amide bonds. The molecule has 16 heavy (non-hydrogen) atoms. The van der Waals surface area contributed by atoms with Gasteiger partial charge in [0.25, 0.3) is 0 Å². The van der Waals surface area contributed by atoms with Gasteiger partial charge in [0.1, 0.15) is 11.8 Å². The smallest absolute Gasteiger partial charge is 0.387 e. The summed E-state index contributed by atoms with van der Waals surface area (Å²) < 4.78 is 37.8. The summed E-state index contributed by atoms with van der Waals surface area (Å²) in [5, 5.41) is 7.03. The average molecular weight is 237 g/mol. The van der Waals surface area contributed by atoms with E-state index in [-0.39, 0.29) is 12.6 Å². The zero-order chi connectivity index (χ0) is 12.3. The van der Waals surface area contributed by atoms with Gasteiger partial charge >= 0.3 is 6.18 Å². The molecule has 6 heteroatoms. The van der Waals surface area contributed by atoms with Crippen molar-refractivity contribution in [3.63, 3.8) is 0 Å². The number of rotatable bonds is 6. The largest absolute Gasteiger partial charge is 0.399 e. The SMILES string of the molecule is CCCN(CC(C(=N)N)C(F)(F)F)C1CC1. The highest BCUT2D eigenvalue weighted by atomic mass is 19.4.